The van der Waals surface area contributed by atoms with Crippen molar-refractivity contribution in [3.05, 3.63) is 0 Å². The number of likely N-dealkylation sites (tertiary alicyclic amines) is 1. The van der Waals surface area contributed by atoms with Crippen molar-refractivity contribution in [3.63, 3.8) is 0 Å². The molecule has 2 N–H and O–H groups in total. The summed E-state index contributed by atoms with van der Waals surface area (Å²) < 4.78 is 5.38. The lowest BCUT2D eigenvalue weighted by Gasteiger charge is -2.36. The lowest BCUT2D eigenvalue weighted by Crippen LogP contribution is -2.44. The highest BCUT2D eigenvalue weighted by atomic mass is 16.6. The van der Waals surface area contributed by atoms with Gasteiger partial charge >= 0.3 is 6.09 Å². The molecule has 1 fully saturated rings. The van der Waals surface area contributed by atoms with Gasteiger partial charge in [0, 0.05) is 19.1 Å². The summed E-state index contributed by atoms with van der Waals surface area (Å²) in [5, 5.41) is 0. The molecule has 1 aliphatic rings. The van der Waals surface area contributed by atoms with E-state index in [1.807, 2.05) is 25.7 Å². The van der Waals surface area contributed by atoms with Crippen LogP contribution in [0.3, 0.4) is 0 Å². The zero-order chi connectivity index (χ0) is 13.9. The van der Waals surface area contributed by atoms with Crippen LogP contribution in [0.15, 0.2) is 0 Å². The molecule has 0 aromatic carbocycles. The topological polar surface area (TPSA) is 55.6 Å². The van der Waals surface area contributed by atoms with Gasteiger partial charge in [0.25, 0.3) is 0 Å². The molecule has 2 unspecified atom stereocenters. The molecule has 0 radical (unpaired) electrons. The molecule has 1 heterocycles. The number of rotatable bonds is 2. The van der Waals surface area contributed by atoms with Crippen molar-refractivity contribution < 1.29 is 9.53 Å². The summed E-state index contributed by atoms with van der Waals surface area (Å²) >= 11 is 0. The summed E-state index contributed by atoms with van der Waals surface area (Å²) in [6.45, 7) is 11.5. The maximum absolute atomic E-state index is 11.9. The van der Waals surface area contributed by atoms with Crippen molar-refractivity contribution in [2.24, 2.45) is 17.6 Å². The predicted octanol–water partition coefficient (Wildman–Crippen LogP) is 2.62. The van der Waals surface area contributed by atoms with Crippen LogP contribution in [0.25, 0.3) is 0 Å². The average molecular weight is 256 g/mol. The fraction of sp³-hybridized carbons (Fsp3) is 0.929. The van der Waals surface area contributed by atoms with Crippen LogP contribution in [0.5, 0.6) is 0 Å². The highest BCUT2D eigenvalue weighted by Gasteiger charge is 2.29. The summed E-state index contributed by atoms with van der Waals surface area (Å²) in [5.74, 6) is 1.15. The van der Waals surface area contributed by atoms with Crippen molar-refractivity contribution in [1.29, 1.82) is 0 Å². The molecule has 1 aliphatic heterocycles. The third-order valence-electron chi connectivity index (χ3n) is 3.76. The van der Waals surface area contributed by atoms with E-state index in [2.05, 4.69) is 13.8 Å². The van der Waals surface area contributed by atoms with Gasteiger partial charge in [-0.15, -0.1) is 0 Å². The molecule has 0 aliphatic carbocycles. The third kappa shape index (κ3) is 4.48. The van der Waals surface area contributed by atoms with Gasteiger partial charge < -0.3 is 15.4 Å². The van der Waals surface area contributed by atoms with E-state index in [0.717, 1.165) is 25.9 Å². The van der Waals surface area contributed by atoms with Gasteiger partial charge in [-0.1, -0.05) is 6.92 Å². The average Bonchev–Trinajstić information content (AvgIpc) is 2.26. The van der Waals surface area contributed by atoms with Crippen LogP contribution >= 0.6 is 0 Å². The van der Waals surface area contributed by atoms with E-state index in [-0.39, 0.29) is 12.1 Å². The Hall–Kier alpha value is -0.770. The van der Waals surface area contributed by atoms with Crippen molar-refractivity contribution in [2.45, 2.75) is 59.1 Å². The SMILES string of the molecule is CC(N)C(C)C1CCN(C(=O)OC(C)(C)C)CC1. The maximum atomic E-state index is 11.9. The smallest absolute Gasteiger partial charge is 0.410 e. The fourth-order valence-electron chi connectivity index (χ4n) is 2.36. The third-order valence-corrected chi connectivity index (χ3v) is 3.76. The fourth-order valence-corrected chi connectivity index (χ4v) is 2.36. The summed E-state index contributed by atoms with van der Waals surface area (Å²) in [5.41, 5.74) is 5.53. The van der Waals surface area contributed by atoms with Gasteiger partial charge in [-0.3, -0.25) is 0 Å². The van der Waals surface area contributed by atoms with Crippen LogP contribution in [-0.2, 0) is 4.74 Å². The van der Waals surface area contributed by atoms with Gasteiger partial charge in [-0.25, -0.2) is 4.79 Å². The van der Waals surface area contributed by atoms with Gasteiger partial charge in [0.1, 0.15) is 5.60 Å². The Labute approximate surface area is 111 Å². The van der Waals surface area contributed by atoms with Gasteiger partial charge in [0.2, 0.25) is 0 Å². The van der Waals surface area contributed by atoms with Crippen LogP contribution in [0.1, 0.15) is 47.5 Å². The maximum Gasteiger partial charge on any atom is 0.410 e. The molecule has 0 aromatic rings. The molecule has 18 heavy (non-hydrogen) atoms. The molecular formula is C14H28N2O2. The Balaban J connectivity index is 2.42. The Bertz CT molecular complexity index is 276. The van der Waals surface area contributed by atoms with Crippen molar-refractivity contribution >= 4 is 6.09 Å². The first-order valence-corrected chi connectivity index (χ1v) is 6.94. The highest BCUT2D eigenvalue weighted by molar-refractivity contribution is 5.68. The Morgan fingerprint density at radius 1 is 1.28 bits per heavy atom. The minimum atomic E-state index is -0.410. The second-order valence-electron chi connectivity index (χ2n) is 6.52. The van der Waals surface area contributed by atoms with E-state index in [1.54, 1.807) is 0 Å². The zero-order valence-electron chi connectivity index (χ0n) is 12.4. The number of piperidine rings is 1. The van der Waals surface area contributed by atoms with Gasteiger partial charge in [-0.05, 0) is 52.4 Å². The largest absolute Gasteiger partial charge is 0.444 e. The van der Waals surface area contributed by atoms with Gasteiger partial charge in [-0.2, -0.15) is 0 Å². The predicted molar refractivity (Wildman–Crippen MR) is 73.3 cm³/mol. The molecule has 0 aromatic heterocycles. The number of carbonyl (C=O) groups is 1. The summed E-state index contributed by atoms with van der Waals surface area (Å²) in [4.78, 5) is 13.7. The van der Waals surface area contributed by atoms with Gasteiger partial charge in [0.05, 0.1) is 0 Å². The van der Waals surface area contributed by atoms with E-state index in [0.29, 0.717) is 11.8 Å². The zero-order valence-corrected chi connectivity index (χ0v) is 12.4. The van der Waals surface area contributed by atoms with Gasteiger partial charge in [0.15, 0.2) is 0 Å². The molecule has 0 spiro atoms. The molecule has 0 saturated carbocycles. The van der Waals surface area contributed by atoms with E-state index in [4.69, 9.17) is 10.5 Å². The molecule has 2 atom stereocenters. The molecule has 4 nitrogen and oxygen atoms in total. The number of carbonyl (C=O) groups excluding carboxylic acids is 1. The van der Waals surface area contributed by atoms with Crippen molar-refractivity contribution in [1.82, 2.24) is 4.90 Å². The standard InChI is InChI=1S/C14H28N2O2/c1-10(11(2)15)12-6-8-16(9-7-12)13(17)18-14(3,4)5/h10-12H,6-9,15H2,1-5H3. The highest BCUT2D eigenvalue weighted by Crippen LogP contribution is 2.27. The first-order chi connectivity index (χ1) is 8.20. The molecule has 1 rings (SSSR count). The second-order valence-corrected chi connectivity index (χ2v) is 6.52. The van der Waals surface area contributed by atoms with Crippen molar-refractivity contribution in [2.75, 3.05) is 13.1 Å². The number of amides is 1. The molecular weight excluding hydrogens is 228 g/mol. The van der Waals surface area contributed by atoms with Crippen LogP contribution in [0, 0.1) is 11.8 Å². The summed E-state index contributed by atoms with van der Waals surface area (Å²) in [6, 6.07) is 0.225. The summed E-state index contributed by atoms with van der Waals surface area (Å²) in [7, 11) is 0. The quantitative estimate of drug-likeness (QED) is 0.826. The van der Waals surface area contributed by atoms with Crippen molar-refractivity contribution in [3.8, 4) is 0 Å². The number of ether oxygens (including phenoxy) is 1. The Kier molecular flexibility index (Phi) is 5.02. The Morgan fingerprint density at radius 3 is 2.17 bits per heavy atom. The first kappa shape index (κ1) is 15.3. The first-order valence-electron chi connectivity index (χ1n) is 6.94. The minimum absolute atomic E-state index is 0.186. The van der Waals surface area contributed by atoms with Crippen LogP contribution in [-0.4, -0.2) is 35.7 Å². The van der Waals surface area contributed by atoms with E-state index in [1.165, 1.54) is 0 Å². The molecule has 0 bridgehead atoms. The number of nitrogens with two attached hydrogens (primary N) is 1. The summed E-state index contributed by atoms with van der Waals surface area (Å²) in [6.07, 6.45) is 1.87. The van der Waals surface area contributed by atoms with Crippen LogP contribution < -0.4 is 5.73 Å². The molecule has 1 saturated heterocycles. The van der Waals surface area contributed by atoms with E-state index < -0.39 is 5.60 Å². The van der Waals surface area contributed by atoms with E-state index >= 15 is 0 Å². The molecule has 106 valence electrons. The number of hydrogen-bond donors (Lipinski definition) is 1. The Morgan fingerprint density at radius 2 is 1.78 bits per heavy atom. The monoisotopic (exact) mass is 256 g/mol. The second kappa shape index (κ2) is 5.91. The van der Waals surface area contributed by atoms with Crippen LogP contribution in [0.4, 0.5) is 4.79 Å². The van der Waals surface area contributed by atoms with E-state index in [9.17, 15) is 4.79 Å². The number of hydrogen-bond acceptors (Lipinski definition) is 3. The molecule has 4 heteroatoms. The lowest BCUT2D eigenvalue weighted by atomic mass is 9.82. The van der Waals surface area contributed by atoms with Crippen LogP contribution in [0.2, 0.25) is 0 Å². The molecule has 1 amide bonds. The lowest BCUT2D eigenvalue weighted by molar-refractivity contribution is 0.0159. The minimum Gasteiger partial charge on any atom is -0.444 e. The normalized spacial score (nSPS) is 21.6. The number of nitrogens with zero attached hydrogens (tertiary/aromatic N) is 1.